The Balaban J connectivity index is 0.666. The van der Waals surface area contributed by atoms with Gasteiger partial charge in [-0.25, -0.2) is 19.3 Å². The zero-order chi connectivity index (χ0) is 61.1. The number of carbonyl (C=O) groups excluding carboxylic acids is 8. The number of nitrogens with one attached hydrogen (secondary N) is 1. The molecule has 0 bridgehead atoms. The Kier molecular flexibility index (Phi) is 20.8. The van der Waals surface area contributed by atoms with E-state index in [9.17, 15) is 43.2 Å². The van der Waals surface area contributed by atoms with Crippen LogP contribution in [0, 0.1) is 30.6 Å². The van der Waals surface area contributed by atoms with Crippen LogP contribution in [0.1, 0.15) is 143 Å². The summed E-state index contributed by atoms with van der Waals surface area (Å²) in [5, 5.41) is 12.3. The molecular weight excluding hydrogens is 1100 g/mol. The van der Waals surface area contributed by atoms with Crippen LogP contribution < -0.4 is 16.6 Å². The molecule has 3 N–H and O–H groups in total. The fourth-order valence-electron chi connectivity index (χ4n) is 12.2. The number of likely N-dealkylation sites (tertiary alicyclic amines) is 1. The highest BCUT2D eigenvalue weighted by Crippen LogP contribution is 2.43. The molecule has 1 aliphatic carbocycles. The van der Waals surface area contributed by atoms with Crippen molar-refractivity contribution in [1.29, 1.82) is 0 Å². The van der Waals surface area contributed by atoms with E-state index in [2.05, 4.69) is 28.6 Å². The van der Waals surface area contributed by atoms with Gasteiger partial charge in [0.25, 0.3) is 5.56 Å². The molecule has 1 saturated carbocycles. The van der Waals surface area contributed by atoms with Crippen LogP contribution >= 0.6 is 0 Å². The molecule has 3 aromatic heterocycles. The van der Waals surface area contributed by atoms with Crippen LogP contribution in [-0.4, -0.2) is 116 Å². The van der Waals surface area contributed by atoms with Gasteiger partial charge >= 0.3 is 12.1 Å². The monoisotopic (exact) mass is 1180 g/mol. The fourth-order valence-corrected chi connectivity index (χ4v) is 12.2. The summed E-state index contributed by atoms with van der Waals surface area (Å²) in [6, 6.07) is 14.3. The molecule has 0 radical (unpaired) electrons. The molecule has 1 saturated heterocycles. The van der Waals surface area contributed by atoms with Crippen molar-refractivity contribution in [2.45, 2.75) is 156 Å². The Morgan fingerprint density at radius 3 is 2.41 bits per heavy atom. The zero-order valence-electron chi connectivity index (χ0n) is 49.7. The van der Waals surface area contributed by atoms with Crippen LogP contribution in [-0.2, 0) is 102 Å². The number of amides is 3. The van der Waals surface area contributed by atoms with Crippen molar-refractivity contribution in [3.05, 3.63) is 104 Å². The molecule has 2 fully saturated rings. The first-order chi connectivity index (χ1) is 41.5. The molecule has 22 heteroatoms. The number of nitrogens with two attached hydrogens (primary N) is 1. The van der Waals surface area contributed by atoms with Crippen molar-refractivity contribution in [2.75, 3.05) is 44.8 Å². The number of carbonyl (C=O) groups is 8. The summed E-state index contributed by atoms with van der Waals surface area (Å²) in [6.07, 6.45) is 7.82. The van der Waals surface area contributed by atoms with Crippen molar-refractivity contribution in [3.63, 3.8) is 0 Å². The molecule has 22 nitrogen and oxygen atoms in total. The SMILES string of the molecule is CCc1c2c(nc3ccc(C)cc13)-c1cc3c(c(=O)n1C2)COC(=O)C3(CC)OC(=O)OCc1ccc(NC(=O)C(CCCCN)CC(=O)COCC(=O)CCCOCCn2cc(CCC(=O)C3CCC(CN4C(=O)CC(C)C4=O)CC3)nn2)cc1. The Morgan fingerprint density at radius 2 is 1.67 bits per heavy atom. The van der Waals surface area contributed by atoms with Crippen molar-refractivity contribution in [2.24, 2.45) is 29.4 Å². The molecule has 3 atom stereocenters. The number of ether oxygens (including phenoxy) is 5. The number of hydrogen-bond donors (Lipinski definition) is 2. The summed E-state index contributed by atoms with van der Waals surface area (Å²) in [7, 11) is 0. The van der Waals surface area contributed by atoms with E-state index >= 15 is 0 Å². The summed E-state index contributed by atoms with van der Waals surface area (Å²) in [5.41, 5.74) is 10.6. The van der Waals surface area contributed by atoms with Gasteiger partial charge in [0.2, 0.25) is 23.3 Å². The van der Waals surface area contributed by atoms with E-state index in [1.165, 1.54) is 4.90 Å². The average molecular weight is 1180 g/mol. The highest BCUT2D eigenvalue weighted by molar-refractivity contribution is 6.03. The van der Waals surface area contributed by atoms with Crippen molar-refractivity contribution in [1.82, 2.24) is 29.4 Å². The first kappa shape index (κ1) is 62.7. The van der Waals surface area contributed by atoms with Gasteiger partial charge < -0.3 is 39.3 Å². The van der Waals surface area contributed by atoms with E-state index < -0.39 is 23.6 Å². The summed E-state index contributed by atoms with van der Waals surface area (Å²) < 4.78 is 31.4. The number of pyridine rings is 2. The summed E-state index contributed by atoms with van der Waals surface area (Å²) in [4.78, 5) is 124. The molecule has 3 unspecified atom stereocenters. The normalized spacial score (nSPS) is 19.2. The van der Waals surface area contributed by atoms with Crippen molar-refractivity contribution >= 4 is 63.8 Å². The fraction of sp³-hybridized carbons (Fsp3) is 0.531. The van der Waals surface area contributed by atoms with Gasteiger partial charge in [0.15, 0.2) is 11.6 Å². The minimum absolute atomic E-state index is 0.0237. The molecule has 3 amide bonds. The predicted octanol–water partition coefficient (Wildman–Crippen LogP) is 7.33. The largest absolute Gasteiger partial charge is 0.510 e. The zero-order valence-corrected chi connectivity index (χ0v) is 49.7. The van der Waals surface area contributed by atoms with Crippen molar-refractivity contribution in [3.8, 4) is 11.4 Å². The summed E-state index contributed by atoms with van der Waals surface area (Å²) in [6.45, 7) is 8.71. The summed E-state index contributed by atoms with van der Waals surface area (Å²) in [5.74, 6) is -2.44. The maximum Gasteiger partial charge on any atom is 0.510 e. The highest BCUT2D eigenvalue weighted by atomic mass is 16.7. The standard InChI is InChI=1S/C64H78N8O14/c1-5-49-50-28-39(3)12-22-54(50)67-58-51(49)34-71-55(58)31-53-52(61(71)79)38-84-62(80)64(53,6-2)86-63(81)85-35-42-15-19-45(20-16-42)66-59(77)44(10-7-8-24-65)30-48(74)37-83-36-47(73)11-9-26-82-27-25-70-33-46(68-69-70)21-23-56(75)43-17-13-41(14-18-43)32-72-57(76)29-40(4)60(72)78/h12,15-16,19-20,22,28,31,33,40-41,43-44H,5-11,13-14,17-18,21,23-27,29-30,32,34-38,65H2,1-4H3,(H,66,77). The molecule has 0 spiro atoms. The smallest absolute Gasteiger partial charge is 0.457 e. The number of nitrogens with zero attached hydrogens (tertiary/aromatic N) is 6. The number of ketones is 3. The van der Waals surface area contributed by atoms with Gasteiger partial charge in [0.05, 0.1) is 47.9 Å². The second-order valence-electron chi connectivity index (χ2n) is 23.3. The Hall–Kier alpha value is -7.82. The topological polar surface area (TPSA) is 290 Å². The number of benzene rings is 2. The minimum atomic E-state index is -1.96. The number of Topliss-reactive ketones (excluding diaryl/α,β-unsaturated/α-hetero) is 3. The number of fused-ring (bicyclic) bond motifs is 5. The number of esters is 1. The number of imide groups is 1. The second kappa shape index (κ2) is 28.6. The Bertz CT molecular complexity index is 3420. The van der Waals surface area contributed by atoms with Crippen molar-refractivity contribution < 1.29 is 62.0 Å². The lowest BCUT2D eigenvalue weighted by atomic mass is 9.79. The van der Waals surface area contributed by atoms with Gasteiger partial charge in [0.1, 0.15) is 32.2 Å². The molecule has 4 aliphatic rings. The maximum absolute atomic E-state index is 14.2. The van der Waals surface area contributed by atoms with E-state index in [-0.39, 0.29) is 122 Å². The molecule has 3 aliphatic heterocycles. The van der Waals surface area contributed by atoms with Crippen LogP contribution in [0.25, 0.3) is 22.3 Å². The number of unbranched alkanes of at least 4 members (excludes halogenated alkanes) is 1. The van der Waals surface area contributed by atoms with Gasteiger partial charge in [-0.3, -0.25) is 38.5 Å². The lowest BCUT2D eigenvalue weighted by Crippen LogP contribution is -2.47. The van der Waals surface area contributed by atoms with E-state index in [4.69, 9.17) is 34.4 Å². The van der Waals surface area contributed by atoms with Crippen LogP contribution in [0.5, 0.6) is 0 Å². The number of cyclic esters (lactones) is 1. The number of anilines is 1. The molecule has 458 valence electrons. The Morgan fingerprint density at radius 1 is 0.895 bits per heavy atom. The maximum atomic E-state index is 14.2. The van der Waals surface area contributed by atoms with Gasteiger partial charge in [0, 0.05) is 91.4 Å². The second-order valence-corrected chi connectivity index (χ2v) is 23.3. The molecular formula is C64H78N8O14. The van der Waals surface area contributed by atoms with Crippen LogP contribution in [0.4, 0.5) is 10.5 Å². The number of hydrogen-bond acceptors (Lipinski definition) is 18. The third-order valence-corrected chi connectivity index (χ3v) is 17.1. The third-order valence-electron chi connectivity index (χ3n) is 17.1. The van der Waals surface area contributed by atoms with Gasteiger partial charge in [-0.05, 0) is 119 Å². The number of rotatable bonds is 30. The summed E-state index contributed by atoms with van der Waals surface area (Å²) >= 11 is 0. The molecule has 2 aromatic carbocycles. The first-order valence-corrected chi connectivity index (χ1v) is 30.3. The van der Waals surface area contributed by atoms with E-state index in [0.717, 1.165) is 59.7 Å². The van der Waals surface area contributed by atoms with Gasteiger partial charge in [-0.2, -0.15) is 0 Å². The lowest BCUT2D eigenvalue weighted by molar-refractivity contribution is -0.175. The minimum Gasteiger partial charge on any atom is -0.457 e. The number of aromatic nitrogens is 5. The van der Waals surface area contributed by atoms with Crippen LogP contribution in [0.2, 0.25) is 0 Å². The predicted molar refractivity (Wildman–Crippen MR) is 314 cm³/mol. The van der Waals surface area contributed by atoms with Gasteiger partial charge in [-0.15, -0.1) is 5.10 Å². The lowest BCUT2D eigenvalue weighted by Gasteiger charge is -2.35. The quantitative estimate of drug-likeness (QED) is 0.0253. The highest BCUT2D eigenvalue weighted by Gasteiger charge is 2.51. The first-order valence-electron chi connectivity index (χ1n) is 30.3. The van der Waals surface area contributed by atoms with Gasteiger partial charge in [-0.1, -0.05) is 56.2 Å². The average Bonchev–Trinajstić information content (AvgIpc) is 1.48. The van der Waals surface area contributed by atoms with Crippen LogP contribution in [0.3, 0.4) is 0 Å². The van der Waals surface area contributed by atoms with E-state index in [1.807, 2.05) is 19.1 Å². The third kappa shape index (κ3) is 14.7. The molecule has 86 heavy (non-hydrogen) atoms. The number of aryl methyl sites for hydroxylation is 3. The molecule has 9 rings (SSSR count). The van der Waals surface area contributed by atoms with E-state index in [1.54, 1.807) is 59.6 Å². The van der Waals surface area contributed by atoms with E-state index in [0.29, 0.717) is 106 Å². The van der Waals surface area contributed by atoms with Crippen LogP contribution in [0.15, 0.2) is 59.5 Å². The molecule has 5 aromatic rings. The molecule has 6 heterocycles. The Labute approximate surface area is 499 Å².